The number of rotatable bonds is 9. The Kier molecular flexibility index (Phi) is 11.9. The van der Waals surface area contributed by atoms with Gasteiger partial charge in [-0.1, -0.05) is 0 Å². The van der Waals surface area contributed by atoms with Crippen molar-refractivity contribution in [2.45, 2.75) is 130 Å². The van der Waals surface area contributed by atoms with Crippen LogP contribution in [0, 0.1) is 0 Å². The predicted molar refractivity (Wildman–Crippen MR) is 286 cm³/mol. The molecule has 0 radical (unpaired) electrons. The van der Waals surface area contributed by atoms with Crippen LogP contribution in [0.25, 0.3) is 5.57 Å². The summed E-state index contributed by atoms with van der Waals surface area (Å²) in [5.74, 6) is 0. The number of nitrogens with zero attached hydrogens (tertiary/aromatic N) is 2. The van der Waals surface area contributed by atoms with E-state index in [1.807, 2.05) is 0 Å². The van der Waals surface area contributed by atoms with Gasteiger partial charge in [-0.25, -0.2) is 0 Å². The topological polar surface area (TPSA) is 6.48 Å². The molecular formula is C61H68Cl2N2Ru-6. The third-order valence-electron chi connectivity index (χ3n) is 15.0. The first kappa shape index (κ1) is 46.6. The molecular weight excluding hydrogens is 933 g/mol. The number of hydrogen-bond acceptors (Lipinski definition) is 2. The molecule has 1 aliphatic carbocycles. The van der Waals surface area contributed by atoms with Crippen molar-refractivity contribution in [3.05, 3.63) is 208 Å². The van der Waals surface area contributed by atoms with Crippen LogP contribution in [0.1, 0.15) is 132 Å². The fraction of sp³-hybridized carbons (Fsp3) is 0.328. The molecule has 2 nitrogen and oxygen atoms in total. The van der Waals surface area contributed by atoms with Gasteiger partial charge in [-0.15, -0.1) is 0 Å². The Morgan fingerprint density at radius 2 is 0.788 bits per heavy atom. The molecule has 2 atom stereocenters. The van der Waals surface area contributed by atoms with Gasteiger partial charge >= 0.3 is 406 Å². The SMILES string of the molecule is CCc1cccc(CC)c1N1[C](=[Ru-6]([Cl])([Cl])(=[C]2C=C(c3ccccc3)c3ccccc32)=[C]2N(c3c(CC)cccc3CC)C(C)(C)CC2(C)c2ccccc2)C(C)(c2ccccc2)CC1(C)C. The van der Waals surface area contributed by atoms with Crippen LogP contribution in [-0.2, 0) is 46.8 Å². The fourth-order valence-electron chi connectivity index (χ4n) is 12.4. The quantitative estimate of drug-likeness (QED) is 0.133. The molecule has 66 heavy (non-hydrogen) atoms. The van der Waals surface area contributed by atoms with E-state index in [-0.39, 0.29) is 0 Å². The van der Waals surface area contributed by atoms with E-state index in [9.17, 15) is 19.4 Å². The van der Waals surface area contributed by atoms with Crippen LogP contribution in [0.3, 0.4) is 0 Å². The van der Waals surface area contributed by atoms with Gasteiger partial charge in [-0.05, 0) is 0 Å². The molecule has 2 saturated heterocycles. The first-order valence-electron chi connectivity index (χ1n) is 24.2. The van der Waals surface area contributed by atoms with Gasteiger partial charge in [0.15, 0.2) is 0 Å². The zero-order chi connectivity index (χ0) is 46.9. The summed E-state index contributed by atoms with van der Waals surface area (Å²) in [6.45, 7) is 24.0. The van der Waals surface area contributed by atoms with Crippen LogP contribution in [0.2, 0.25) is 0 Å². The van der Waals surface area contributed by atoms with Crippen molar-refractivity contribution in [3.8, 4) is 0 Å². The number of hydrogen-bond donors (Lipinski definition) is 0. The number of aryl methyl sites for hydroxylation is 4. The van der Waals surface area contributed by atoms with Crippen LogP contribution in [0.4, 0.5) is 11.4 Å². The Balaban J connectivity index is 1.74. The zero-order valence-electron chi connectivity index (χ0n) is 40.8. The summed E-state index contributed by atoms with van der Waals surface area (Å²) < 4.78 is 3.40. The molecule has 9 rings (SSSR count). The maximum absolute atomic E-state index is 9.99. The van der Waals surface area contributed by atoms with Crippen LogP contribution >= 0.6 is 19.4 Å². The van der Waals surface area contributed by atoms with Crippen LogP contribution in [0.5, 0.6) is 0 Å². The number of para-hydroxylation sites is 2. The molecule has 0 N–H and O–H groups in total. The number of fused-ring (bicyclic) bond motifs is 1. The predicted octanol–water partition coefficient (Wildman–Crippen LogP) is 15.5. The Bertz CT molecular complexity index is 2950. The Morgan fingerprint density at radius 1 is 0.439 bits per heavy atom. The summed E-state index contributed by atoms with van der Waals surface area (Å²) in [6.07, 6.45) is 7.64. The van der Waals surface area contributed by atoms with E-state index < -0.39 is 32.2 Å². The molecule has 0 aromatic heterocycles. The number of halogens is 2. The first-order chi connectivity index (χ1) is 31.5. The van der Waals surface area contributed by atoms with Gasteiger partial charge in [0.25, 0.3) is 0 Å². The van der Waals surface area contributed by atoms with Gasteiger partial charge in [0.2, 0.25) is 0 Å². The molecule has 3 aliphatic rings. The number of benzene rings is 6. The summed E-state index contributed by atoms with van der Waals surface area (Å²) in [4.78, 5) is 5.50. The van der Waals surface area contributed by atoms with Gasteiger partial charge in [0.1, 0.15) is 0 Å². The van der Waals surface area contributed by atoms with Crippen molar-refractivity contribution < 1.29 is 10.3 Å². The van der Waals surface area contributed by atoms with Crippen LogP contribution in [0.15, 0.2) is 158 Å². The molecule has 6 aromatic carbocycles. The molecule has 5 heteroatoms. The van der Waals surface area contributed by atoms with Gasteiger partial charge in [0, 0.05) is 0 Å². The third kappa shape index (κ3) is 7.00. The van der Waals surface area contributed by atoms with E-state index >= 15 is 0 Å². The normalized spacial score (nSPS) is 21.8. The van der Waals surface area contributed by atoms with Crippen LogP contribution in [-0.4, -0.2) is 23.6 Å². The molecule has 0 bridgehead atoms. The molecule has 2 unspecified atom stereocenters. The van der Waals surface area contributed by atoms with Gasteiger partial charge in [-0.2, -0.15) is 0 Å². The molecule has 350 valence electrons. The molecule has 0 saturated carbocycles. The minimum absolute atomic E-state index is 0.400. The molecule has 0 spiro atoms. The van der Waals surface area contributed by atoms with E-state index in [1.54, 1.807) is 0 Å². The summed E-state index contributed by atoms with van der Waals surface area (Å²) >= 11 is 0. The average molecular weight is 1000 g/mol. The standard InChI is InChI=1S/2C23H29N.C15H10.2ClH.Ru/c2*1-6-18-12-11-13-19(7-2)21(18)24-17-23(5,16-22(24,3)4)20-14-9-8-10-15-20;1-2-6-12(7-3-1)15-11-10-13-8-4-5-9-14(13)15;;;/h2*8-15H,6-7,16H2,1-5H3;1-9,11H;2*1H;/q;;;;;-4/p-2. The van der Waals surface area contributed by atoms with Crippen molar-refractivity contribution in [2.75, 3.05) is 9.80 Å². The van der Waals surface area contributed by atoms with E-state index in [2.05, 4.69) is 237 Å². The Labute approximate surface area is 403 Å². The second-order valence-corrected chi connectivity index (χ2v) is 33.6. The van der Waals surface area contributed by atoms with Crippen molar-refractivity contribution >= 4 is 48.9 Å². The summed E-state index contributed by atoms with van der Waals surface area (Å²) in [5.41, 5.74) is 12.9. The van der Waals surface area contributed by atoms with Crippen molar-refractivity contribution in [2.24, 2.45) is 0 Å². The second-order valence-electron chi connectivity index (χ2n) is 20.4. The molecule has 0 amide bonds. The van der Waals surface area contributed by atoms with E-state index in [4.69, 9.17) is 0 Å². The second kappa shape index (κ2) is 16.9. The van der Waals surface area contributed by atoms with E-state index in [1.165, 1.54) is 50.3 Å². The zero-order valence-corrected chi connectivity index (χ0v) is 44.0. The average Bonchev–Trinajstić information content (AvgIpc) is 3.92. The van der Waals surface area contributed by atoms with Gasteiger partial charge < -0.3 is 0 Å². The fourth-order valence-corrected chi connectivity index (χ4v) is 28.8. The number of allylic oxidation sites excluding steroid dienone is 1. The Morgan fingerprint density at radius 3 is 1.17 bits per heavy atom. The van der Waals surface area contributed by atoms with Gasteiger partial charge in [0.05, 0.1) is 0 Å². The summed E-state index contributed by atoms with van der Waals surface area (Å²) in [5, 5.41) is 0. The first-order valence-corrected chi connectivity index (χ1v) is 31.3. The minimum atomic E-state index is -5.87. The van der Waals surface area contributed by atoms with E-state index in [0.717, 1.165) is 67.8 Å². The molecule has 2 aliphatic heterocycles. The van der Waals surface area contributed by atoms with Crippen LogP contribution < -0.4 is 9.80 Å². The van der Waals surface area contributed by atoms with Crippen molar-refractivity contribution in [3.63, 3.8) is 0 Å². The molecule has 2 fully saturated rings. The third-order valence-corrected chi connectivity index (χ3v) is 27.6. The van der Waals surface area contributed by atoms with E-state index in [0.29, 0.717) is 0 Å². The van der Waals surface area contributed by atoms with Crippen molar-refractivity contribution in [1.82, 2.24) is 0 Å². The molecule has 2 heterocycles. The monoisotopic (exact) mass is 1000 g/mol. The number of anilines is 2. The summed E-state index contributed by atoms with van der Waals surface area (Å²) in [7, 11) is 14.1. The Hall–Kier alpha value is -4.53. The molecule has 6 aromatic rings. The van der Waals surface area contributed by atoms with Crippen molar-refractivity contribution in [1.29, 1.82) is 0 Å². The summed E-state index contributed by atoms with van der Waals surface area (Å²) in [6, 6.07) is 56.1. The van der Waals surface area contributed by atoms with Gasteiger partial charge in [-0.3, -0.25) is 0 Å². The maximum atomic E-state index is 9.99.